The lowest BCUT2D eigenvalue weighted by Gasteiger charge is -2.30. The Morgan fingerprint density at radius 3 is 2.35 bits per heavy atom. The fourth-order valence-corrected chi connectivity index (χ4v) is 4.05. The molecule has 1 amide bonds. The molecule has 1 saturated heterocycles. The van der Waals surface area contributed by atoms with Crippen LogP contribution in [0.1, 0.15) is 22.3 Å². The van der Waals surface area contributed by atoms with Crippen LogP contribution in [0.4, 0.5) is 5.69 Å². The fourth-order valence-electron chi connectivity index (χ4n) is 3.68. The number of hydrogen-bond acceptors (Lipinski definition) is 2. The number of carbonyl (C=O) groups excluding carboxylic acids is 1. The Kier molecular flexibility index (Phi) is 3.23. The monoisotopic (exact) mass is 322 g/mol. The van der Waals surface area contributed by atoms with Crippen molar-refractivity contribution in [3.63, 3.8) is 0 Å². The normalized spacial score (nSPS) is 19.8. The van der Waals surface area contributed by atoms with E-state index in [2.05, 4.69) is 17.0 Å². The molecule has 3 nitrogen and oxygen atoms in total. The number of hydrogen-bond donors (Lipinski definition) is 0. The predicted molar refractivity (Wildman–Crippen MR) is 95.5 cm³/mol. The number of nitrogens with zero attached hydrogens (tertiary/aromatic N) is 2. The van der Waals surface area contributed by atoms with Gasteiger partial charge in [-0.3, -0.25) is 9.69 Å². The Labute approximate surface area is 141 Å². The zero-order valence-electron chi connectivity index (χ0n) is 13.2. The largest absolute Gasteiger partial charge is 0.332 e. The van der Waals surface area contributed by atoms with Crippen LogP contribution in [0.2, 0.25) is 0 Å². The van der Waals surface area contributed by atoms with Crippen molar-refractivity contribution < 1.29 is 4.79 Å². The van der Waals surface area contributed by atoms with Gasteiger partial charge in [-0.05, 0) is 48.3 Å². The summed E-state index contributed by atoms with van der Waals surface area (Å²) < 4.78 is 0. The first-order valence-corrected chi connectivity index (χ1v) is 8.26. The number of benzene rings is 2. The number of carbonyl (C=O) groups is 1. The third-order valence-corrected chi connectivity index (χ3v) is 5.27. The van der Waals surface area contributed by atoms with E-state index in [0.29, 0.717) is 11.7 Å². The van der Waals surface area contributed by atoms with Crippen LogP contribution in [-0.2, 0) is 17.8 Å². The first kappa shape index (κ1) is 14.4. The van der Waals surface area contributed by atoms with Crippen LogP contribution < -0.4 is 4.90 Å². The summed E-state index contributed by atoms with van der Waals surface area (Å²) in [6, 6.07) is 14.2. The van der Waals surface area contributed by atoms with E-state index in [4.69, 9.17) is 12.2 Å². The molecule has 4 heteroatoms. The van der Waals surface area contributed by atoms with E-state index in [1.807, 2.05) is 44.2 Å². The number of para-hydroxylation sites is 1. The number of fused-ring (bicyclic) bond motifs is 2. The Morgan fingerprint density at radius 1 is 1.00 bits per heavy atom. The zero-order valence-corrected chi connectivity index (χ0v) is 14.1. The summed E-state index contributed by atoms with van der Waals surface area (Å²) in [5, 5.41) is 0.631. The van der Waals surface area contributed by atoms with Crippen molar-refractivity contribution in [2.24, 2.45) is 0 Å². The molecule has 2 aliphatic rings. The van der Waals surface area contributed by atoms with Gasteiger partial charge in [-0.15, -0.1) is 0 Å². The van der Waals surface area contributed by atoms with Gasteiger partial charge in [0.05, 0.1) is 5.69 Å². The van der Waals surface area contributed by atoms with Crippen LogP contribution in [0, 0.1) is 13.8 Å². The molecule has 0 bridgehead atoms. The maximum absolute atomic E-state index is 13.1. The molecule has 1 atom stereocenters. The molecule has 0 saturated carbocycles. The highest BCUT2D eigenvalue weighted by molar-refractivity contribution is 7.80. The van der Waals surface area contributed by atoms with Crippen molar-refractivity contribution in [3.05, 3.63) is 64.7 Å². The number of aryl methyl sites for hydroxylation is 2. The van der Waals surface area contributed by atoms with E-state index < -0.39 is 0 Å². The van der Waals surface area contributed by atoms with E-state index >= 15 is 0 Å². The third kappa shape index (κ3) is 2.09. The lowest BCUT2D eigenvalue weighted by Crippen LogP contribution is -2.39. The molecule has 4 rings (SSSR count). The Morgan fingerprint density at radius 2 is 1.65 bits per heavy atom. The van der Waals surface area contributed by atoms with Crippen LogP contribution in [0.25, 0.3) is 0 Å². The van der Waals surface area contributed by atoms with E-state index in [0.717, 1.165) is 23.2 Å². The van der Waals surface area contributed by atoms with Crippen LogP contribution >= 0.6 is 12.2 Å². The van der Waals surface area contributed by atoms with Crippen molar-refractivity contribution in [2.75, 3.05) is 4.90 Å². The van der Waals surface area contributed by atoms with Gasteiger partial charge in [-0.2, -0.15) is 0 Å². The van der Waals surface area contributed by atoms with Gasteiger partial charge >= 0.3 is 0 Å². The molecule has 1 fully saturated rings. The molecule has 0 N–H and O–H groups in total. The van der Waals surface area contributed by atoms with Crippen molar-refractivity contribution >= 4 is 28.9 Å². The van der Waals surface area contributed by atoms with Gasteiger partial charge in [0, 0.05) is 13.0 Å². The van der Waals surface area contributed by atoms with Crippen molar-refractivity contribution in [1.82, 2.24) is 4.90 Å². The van der Waals surface area contributed by atoms with Gasteiger partial charge in [0.2, 0.25) is 0 Å². The standard InChI is InChI=1S/C19H18N2OS/c1-12-6-5-7-13(2)17(12)21-18(22)16-10-14-8-3-4-9-15(14)11-20(16)19(21)23/h3-9,16H,10-11H2,1-2H3/t16-/m1/s1. The van der Waals surface area contributed by atoms with Crippen molar-refractivity contribution in [1.29, 1.82) is 0 Å². The zero-order chi connectivity index (χ0) is 16.1. The minimum atomic E-state index is -0.170. The molecular weight excluding hydrogens is 304 g/mol. The first-order chi connectivity index (χ1) is 11.1. The minimum Gasteiger partial charge on any atom is -0.332 e. The van der Waals surface area contributed by atoms with Crippen molar-refractivity contribution in [3.8, 4) is 0 Å². The van der Waals surface area contributed by atoms with Gasteiger partial charge in [0.1, 0.15) is 6.04 Å². The summed E-state index contributed by atoms with van der Waals surface area (Å²) in [7, 11) is 0. The van der Waals surface area contributed by atoms with Crippen molar-refractivity contribution in [2.45, 2.75) is 32.9 Å². The molecule has 0 unspecified atom stereocenters. The summed E-state index contributed by atoms with van der Waals surface area (Å²) in [6.07, 6.45) is 0.733. The molecule has 0 radical (unpaired) electrons. The van der Waals surface area contributed by atoms with E-state index in [9.17, 15) is 4.79 Å². The van der Waals surface area contributed by atoms with Crippen LogP contribution in [0.3, 0.4) is 0 Å². The Bertz CT molecular complexity index is 767. The molecule has 116 valence electrons. The molecular formula is C19H18N2OS. The molecule has 2 aromatic rings. The van der Waals surface area contributed by atoms with Gasteiger partial charge in [0.15, 0.2) is 5.11 Å². The SMILES string of the molecule is Cc1cccc(C)c1N1C(=O)[C@H]2Cc3ccccc3CN2C1=S. The average Bonchev–Trinajstić information content (AvgIpc) is 2.78. The smallest absolute Gasteiger partial charge is 0.256 e. The number of rotatable bonds is 1. The highest BCUT2D eigenvalue weighted by Crippen LogP contribution is 2.35. The first-order valence-electron chi connectivity index (χ1n) is 7.85. The topological polar surface area (TPSA) is 23.6 Å². The quantitative estimate of drug-likeness (QED) is 0.752. The Hall–Kier alpha value is -2.20. The summed E-state index contributed by atoms with van der Waals surface area (Å²) >= 11 is 5.68. The van der Waals surface area contributed by atoms with E-state index in [1.54, 1.807) is 4.90 Å². The van der Waals surface area contributed by atoms with Crippen LogP contribution in [0.5, 0.6) is 0 Å². The lowest BCUT2D eigenvalue weighted by molar-refractivity contribution is -0.120. The van der Waals surface area contributed by atoms with E-state index in [1.165, 1.54) is 11.1 Å². The maximum Gasteiger partial charge on any atom is 0.256 e. The third-order valence-electron chi connectivity index (χ3n) is 4.85. The molecule has 2 aromatic carbocycles. The molecule has 23 heavy (non-hydrogen) atoms. The molecule has 2 heterocycles. The van der Waals surface area contributed by atoms with Crippen LogP contribution in [-0.4, -0.2) is 22.0 Å². The summed E-state index contributed by atoms with van der Waals surface area (Å²) in [5.41, 5.74) is 5.63. The highest BCUT2D eigenvalue weighted by Gasteiger charge is 2.45. The summed E-state index contributed by atoms with van der Waals surface area (Å²) in [6.45, 7) is 4.78. The van der Waals surface area contributed by atoms with Gasteiger partial charge in [0.25, 0.3) is 5.91 Å². The van der Waals surface area contributed by atoms with Gasteiger partial charge < -0.3 is 4.90 Å². The van der Waals surface area contributed by atoms with Gasteiger partial charge in [-0.25, -0.2) is 0 Å². The molecule has 0 aliphatic carbocycles. The highest BCUT2D eigenvalue weighted by atomic mass is 32.1. The second-order valence-corrected chi connectivity index (χ2v) is 6.68. The maximum atomic E-state index is 13.1. The second kappa shape index (κ2) is 5.17. The van der Waals surface area contributed by atoms with E-state index in [-0.39, 0.29) is 11.9 Å². The van der Waals surface area contributed by atoms with Gasteiger partial charge in [-0.1, -0.05) is 42.5 Å². The fraction of sp³-hybridized carbons (Fsp3) is 0.263. The minimum absolute atomic E-state index is 0.0990. The average molecular weight is 322 g/mol. The molecule has 0 aromatic heterocycles. The predicted octanol–water partition coefficient (Wildman–Crippen LogP) is 3.36. The lowest BCUT2D eigenvalue weighted by atomic mass is 9.95. The number of amides is 1. The Balaban J connectivity index is 1.77. The summed E-state index contributed by atoms with van der Waals surface area (Å²) in [4.78, 5) is 16.9. The number of anilines is 1. The molecule has 2 aliphatic heterocycles. The summed E-state index contributed by atoms with van der Waals surface area (Å²) in [5.74, 6) is 0.0990. The second-order valence-electron chi connectivity index (χ2n) is 6.31. The molecule has 0 spiro atoms. The number of thiocarbonyl (C=S) groups is 1. The van der Waals surface area contributed by atoms with Crippen LogP contribution in [0.15, 0.2) is 42.5 Å².